The van der Waals surface area contributed by atoms with Crippen LogP contribution in [0.3, 0.4) is 0 Å². The number of carbonyl (C=O) groups excluding carboxylic acids is 2. The Morgan fingerprint density at radius 3 is 2.62 bits per heavy atom. The van der Waals surface area contributed by atoms with E-state index in [4.69, 9.17) is 11.5 Å². The molecular formula is C23H26F2N6O2S. The summed E-state index contributed by atoms with van der Waals surface area (Å²) in [4.78, 5) is 36.1. The predicted octanol–water partition coefficient (Wildman–Crippen LogP) is 2.95. The van der Waals surface area contributed by atoms with Gasteiger partial charge in [0, 0.05) is 43.8 Å². The second-order valence-electron chi connectivity index (χ2n) is 9.36. The average Bonchev–Trinajstić information content (AvgIpc) is 3.22. The van der Waals surface area contributed by atoms with Crippen LogP contribution in [0.2, 0.25) is 0 Å². The third kappa shape index (κ3) is 3.80. The van der Waals surface area contributed by atoms with Crippen molar-refractivity contribution in [2.24, 2.45) is 11.1 Å². The van der Waals surface area contributed by atoms with Gasteiger partial charge >= 0.3 is 0 Å². The third-order valence-corrected chi connectivity index (χ3v) is 8.29. The number of piperidine rings is 1. The Morgan fingerprint density at radius 1 is 1.26 bits per heavy atom. The van der Waals surface area contributed by atoms with Crippen LogP contribution in [-0.2, 0) is 15.5 Å². The van der Waals surface area contributed by atoms with Crippen LogP contribution in [0.4, 0.5) is 26.1 Å². The molecule has 1 atom stereocenters. The molecule has 2 aromatic rings. The molecule has 1 aromatic carbocycles. The van der Waals surface area contributed by atoms with Gasteiger partial charge in [0.25, 0.3) is 5.92 Å². The fourth-order valence-electron chi connectivity index (χ4n) is 5.35. The van der Waals surface area contributed by atoms with Crippen molar-refractivity contribution in [3.63, 3.8) is 0 Å². The van der Waals surface area contributed by atoms with Crippen molar-refractivity contribution < 1.29 is 18.4 Å². The number of nitrogens with two attached hydrogens (primary N) is 2. The molecule has 2 aliphatic heterocycles. The number of alkyl halides is 2. The number of Topliss-reactive ketones (excluding diaryl/α,β-unsaturated/α-hetero) is 1. The van der Waals surface area contributed by atoms with E-state index in [-0.39, 0.29) is 34.3 Å². The Morgan fingerprint density at radius 2 is 2.00 bits per heavy atom. The molecule has 1 spiro atoms. The number of hydrogen-bond acceptors (Lipinski definition) is 8. The second-order valence-corrected chi connectivity index (χ2v) is 10.4. The molecule has 3 aliphatic rings. The number of carbonyl (C=O) groups is 2. The van der Waals surface area contributed by atoms with Crippen molar-refractivity contribution in [3.8, 4) is 0 Å². The number of ketones is 1. The number of fused-ring (bicyclic) bond motifs is 1. The summed E-state index contributed by atoms with van der Waals surface area (Å²) in [5.41, 5.74) is 12.3. The van der Waals surface area contributed by atoms with Crippen LogP contribution >= 0.6 is 11.8 Å². The van der Waals surface area contributed by atoms with Gasteiger partial charge in [0.1, 0.15) is 16.6 Å². The number of nitrogen functional groups attached to an aromatic ring is 1. The number of nitrogens with zero attached hydrogens (tertiary/aromatic N) is 4. The lowest BCUT2D eigenvalue weighted by molar-refractivity contribution is -0.118. The molecule has 34 heavy (non-hydrogen) atoms. The Bertz CT molecular complexity index is 1170. The first-order valence-electron chi connectivity index (χ1n) is 11.2. The molecule has 0 bridgehead atoms. The zero-order chi connectivity index (χ0) is 24.3. The highest BCUT2D eigenvalue weighted by Crippen LogP contribution is 2.49. The topological polar surface area (TPSA) is 118 Å². The maximum absolute atomic E-state index is 14.8. The van der Waals surface area contributed by atoms with Crippen molar-refractivity contribution >= 4 is 40.8 Å². The van der Waals surface area contributed by atoms with E-state index >= 15 is 0 Å². The van der Waals surface area contributed by atoms with Crippen molar-refractivity contribution in [1.82, 2.24) is 9.97 Å². The van der Waals surface area contributed by atoms with E-state index in [0.29, 0.717) is 41.7 Å². The normalized spacial score (nSPS) is 22.9. The molecule has 1 aliphatic carbocycles. The fourth-order valence-corrected chi connectivity index (χ4v) is 6.31. The van der Waals surface area contributed by atoms with E-state index in [2.05, 4.69) is 14.9 Å². The summed E-state index contributed by atoms with van der Waals surface area (Å²) in [6, 6.07) is 4.64. The number of halogens is 2. The standard InChI is InChI=1S/C23H26F2N6O2S/c1-13(32)31-12-23(24,25)19-15(31)3-2-4-16(19)34-21-20(27)29-18(11-28-21)30-7-5-22(6-8-30)10-14(33)9-17(22)26/h2-4,11,17H,5-10,12,26H2,1H3,(H2,27,29)/t17-/m0/s1. The number of amides is 1. The molecule has 1 saturated heterocycles. The van der Waals surface area contributed by atoms with E-state index in [1.165, 1.54) is 13.0 Å². The van der Waals surface area contributed by atoms with Crippen LogP contribution < -0.4 is 21.3 Å². The van der Waals surface area contributed by atoms with Gasteiger partial charge in [-0.1, -0.05) is 17.8 Å². The first kappa shape index (κ1) is 23.0. The summed E-state index contributed by atoms with van der Waals surface area (Å²) in [6.45, 7) is 1.98. The van der Waals surface area contributed by atoms with Gasteiger partial charge < -0.3 is 21.3 Å². The van der Waals surface area contributed by atoms with Crippen LogP contribution in [-0.4, -0.2) is 47.3 Å². The van der Waals surface area contributed by atoms with Crippen LogP contribution in [0.15, 0.2) is 34.3 Å². The lowest BCUT2D eigenvalue weighted by atomic mass is 9.74. The van der Waals surface area contributed by atoms with Gasteiger partial charge in [-0.3, -0.25) is 9.59 Å². The number of anilines is 3. The summed E-state index contributed by atoms with van der Waals surface area (Å²) < 4.78 is 29.6. The van der Waals surface area contributed by atoms with E-state index in [1.807, 2.05) is 0 Å². The van der Waals surface area contributed by atoms with Crippen LogP contribution in [0, 0.1) is 5.41 Å². The molecule has 8 nitrogen and oxygen atoms in total. The number of rotatable bonds is 3. The zero-order valence-electron chi connectivity index (χ0n) is 18.8. The van der Waals surface area contributed by atoms with Crippen molar-refractivity contribution in [2.75, 3.05) is 35.2 Å². The molecule has 2 fully saturated rings. The maximum atomic E-state index is 14.8. The van der Waals surface area contributed by atoms with Crippen molar-refractivity contribution in [1.29, 1.82) is 0 Å². The van der Waals surface area contributed by atoms with Gasteiger partial charge in [0.2, 0.25) is 5.91 Å². The minimum atomic E-state index is -3.17. The van der Waals surface area contributed by atoms with Gasteiger partial charge in [0.05, 0.1) is 24.0 Å². The van der Waals surface area contributed by atoms with E-state index < -0.39 is 18.4 Å². The molecule has 1 aromatic heterocycles. The minimum absolute atomic E-state index is 0.0956. The van der Waals surface area contributed by atoms with E-state index in [0.717, 1.165) is 29.5 Å². The van der Waals surface area contributed by atoms with Gasteiger partial charge in [-0.25, -0.2) is 9.97 Å². The van der Waals surface area contributed by atoms with Crippen LogP contribution in [0.5, 0.6) is 0 Å². The lowest BCUT2D eigenvalue weighted by Gasteiger charge is -2.41. The van der Waals surface area contributed by atoms with E-state index in [1.54, 1.807) is 18.3 Å². The largest absolute Gasteiger partial charge is 0.381 e. The smallest absolute Gasteiger partial charge is 0.293 e. The molecule has 5 rings (SSSR count). The highest BCUT2D eigenvalue weighted by Gasteiger charge is 2.48. The Labute approximate surface area is 200 Å². The molecule has 1 amide bonds. The highest BCUT2D eigenvalue weighted by atomic mass is 32.2. The van der Waals surface area contributed by atoms with Gasteiger partial charge in [0.15, 0.2) is 5.82 Å². The predicted molar refractivity (Wildman–Crippen MR) is 125 cm³/mol. The molecule has 3 heterocycles. The molecule has 4 N–H and O–H groups in total. The Balaban J connectivity index is 1.35. The zero-order valence-corrected chi connectivity index (χ0v) is 19.6. The molecule has 1 saturated carbocycles. The van der Waals surface area contributed by atoms with Gasteiger partial charge in [-0.2, -0.15) is 8.78 Å². The summed E-state index contributed by atoms with van der Waals surface area (Å²) in [7, 11) is 0. The van der Waals surface area contributed by atoms with Crippen LogP contribution in [0.1, 0.15) is 38.2 Å². The lowest BCUT2D eigenvalue weighted by Crippen LogP contribution is -2.47. The number of benzene rings is 1. The SMILES string of the molecule is CC(=O)N1CC(F)(F)c2c(Sc3ncc(N4CCC5(CC4)CC(=O)C[C@@H]5N)nc3N)cccc21. The van der Waals surface area contributed by atoms with Crippen LogP contribution in [0.25, 0.3) is 0 Å². The summed E-state index contributed by atoms with van der Waals surface area (Å²) in [5, 5.41) is 0.325. The molecular weight excluding hydrogens is 462 g/mol. The summed E-state index contributed by atoms with van der Waals surface area (Å²) in [6.07, 6.45) is 4.19. The average molecular weight is 489 g/mol. The third-order valence-electron chi connectivity index (χ3n) is 7.22. The van der Waals surface area contributed by atoms with Crippen molar-refractivity contribution in [2.45, 2.75) is 54.5 Å². The van der Waals surface area contributed by atoms with Gasteiger partial charge in [-0.05, 0) is 30.4 Å². The molecule has 180 valence electrons. The molecule has 0 unspecified atom stereocenters. The fraction of sp³-hybridized carbons (Fsp3) is 0.478. The summed E-state index contributed by atoms with van der Waals surface area (Å²) >= 11 is 1.02. The maximum Gasteiger partial charge on any atom is 0.293 e. The van der Waals surface area contributed by atoms with Crippen molar-refractivity contribution in [3.05, 3.63) is 30.0 Å². The number of hydrogen-bond donors (Lipinski definition) is 2. The first-order chi connectivity index (χ1) is 16.1. The first-order valence-corrected chi connectivity index (χ1v) is 12.0. The van der Waals surface area contributed by atoms with Gasteiger partial charge in [-0.15, -0.1) is 0 Å². The van der Waals surface area contributed by atoms with E-state index in [9.17, 15) is 18.4 Å². The minimum Gasteiger partial charge on any atom is -0.381 e. The Hall–Kier alpha value is -2.79. The number of aromatic nitrogens is 2. The highest BCUT2D eigenvalue weighted by molar-refractivity contribution is 7.99. The monoisotopic (exact) mass is 488 g/mol. The summed E-state index contributed by atoms with van der Waals surface area (Å²) in [5.74, 6) is -2.61. The second kappa shape index (κ2) is 8.16. The quantitative estimate of drug-likeness (QED) is 0.677. The molecule has 0 radical (unpaired) electrons. The molecule has 11 heteroatoms. The Kier molecular flexibility index (Phi) is 5.51.